The Labute approximate surface area is 145 Å². The van der Waals surface area contributed by atoms with E-state index in [1.807, 2.05) is 50.9 Å². The zero-order chi connectivity index (χ0) is 16.9. The Balaban J connectivity index is 1.48. The van der Waals surface area contributed by atoms with Gasteiger partial charge in [0.25, 0.3) is 5.91 Å². The second kappa shape index (κ2) is 7.49. The van der Waals surface area contributed by atoms with Crippen LogP contribution in [0.3, 0.4) is 0 Å². The third kappa shape index (κ3) is 3.76. The fraction of sp³-hybridized carbons (Fsp3) is 0.333. The maximum atomic E-state index is 12.4. The standard InChI is InChI=1S/C18H21N3O2S/c19-16-4-2-1-3-14(16)5-6-17(22)20-8-10-21(11-9-20)18(23)15-7-12-24-13-15/h1-4,7,12-13H,5-6,8-11,19H2. The van der Waals surface area contributed by atoms with Crippen LogP contribution in [-0.4, -0.2) is 47.8 Å². The molecule has 6 heteroatoms. The number of rotatable bonds is 4. The molecular weight excluding hydrogens is 322 g/mol. The molecule has 5 nitrogen and oxygen atoms in total. The number of amides is 2. The minimum absolute atomic E-state index is 0.0559. The first-order chi connectivity index (χ1) is 11.6. The number of nitrogens with zero attached hydrogens (tertiary/aromatic N) is 2. The average molecular weight is 343 g/mol. The molecular formula is C18H21N3O2S. The molecule has 3 rings (SSSR count). The number of benzene rings is 1. The summed E-state index contributed by atoms with van der Waals surface area (Å²) >= 11 is 1.52. The second-order valence-electron chi connectivity index (χ2n) is 5.88. The summed E-state index contributed by atoms with van der Waals surface area (Å²) in [5.74, 6) is 0.182. The first kappa shape index (κ1) is 16.5. The predicted octanol–water partition coefficient (Wildman–Crippen LogP) is 2.25. The fourth-order valence-electron chi connectivity index (χ4n) is 2.89. The van der Waals surface area contributed by atoms with E-state index in [1.165, 1.54) is 11.3 Å². The second-order valence-corrected chi connectivity index (χ2v) is 6.66. The van der Waals surface area contributed by atoms with Crippen molar-refractivity contribution < 1.29 is 9.59 Å². The van der Waals surface area contributed by atoms with Crippen molar-refractivity contribution >= 4 is 28.8 Å². The number of piperazine rings is 1. The van der Waals surface area contributed by atoms with Gasteiger partial charge in [0.2, 0.25) is 5.91 Å². The molecule has 1 aromatic carbocycles. The molecule has 0 spiro atoms. The van der Waals surface area contributed by atoms with Gasteiger partial charge in [-0.25, -0.2) is 0 Å². The van der Waals surface area contributed by atoms with Crippen molar-refractivity contribution in [3.8, 4) is 0 Å². The Morgan fingerprint density at radius 3 is 2.42 bits per heavy atom. The SMILES string of the molecule is Nc1ccccc1CCC(=O)N1CCN(C(=O)c2ccsc2)CC1. The molecule has 126 valence electrons. The maximum absolute atomic E-state index is 12.4. The van der Waals surface area contributed by atoms with E-state index in [0.29, 0.717) is 39.0 Å². The predicted molar refractivity (Wildman–Crippen MR) is 96.0 cm³/mol. The summed E-state index contributed by atoms with van der Waals surface area (Å²) in [5.41, 5.74) is 8.39. The number of nitrogens with two attached hydrogens (primary N) is 1. The Morgan fingerprint density at radius 2 is 1.75 bits per heavy atom. The third-order valence-corrected chi connectivity index (χ3v) is 5.03. The van der Waals surface area contributed by atoms with Crippen molar-refractivity contribution in [1.82, 2.24) is 9.80 Å². The molecule has 0 radical (unpaired) electrons. The van der Waals surface area contributed by atoms with E-state index in [0.717, 1.165) is 16.8 Å². The lowest BCUT2D eigenvalue weighted by atomic mass is 10.1. The van der Waals surface area contributed by atoms with Gasteiger partial charge in [0.15, 0.2) is 0 Å². The summed E-state index contributed by atoms with van der Waals surface area (Å²) in [6.07, 6.45) is 1.10. The topological polar surface area (TPSA) is 66.6 Å². The van der Waals surface area contributed by atoms with Crippen LogP contribution in [0.1, 0.15) is 22.3 Å². The summed E-state index contributed by atoms with van der Waals surface area (Å²) in [5, 5.41) is 3.77. The van der Waals surface area contributed by atoms with Crippen LogP contribution in [0.2, 0.25) is 0 Å². The fourth-order valence-corrected chi connectivity index (χ4v) is 3.52. The first-order valence-corrected chi connectivity index (χ1v) is 9.02. The number of para-hydroxylation sites is 1. The number of hydrogen-bond acceptors (Lipinski definition) is 4. The van der Waals surface area contributed by atoms with E-state index in [1.54, 1.807) is 0 Å². The van der Waals surface area contributed by atoms with Crippen LogP contribution >= 0.6 is 11.3 Å². The van der Waals surface area contributed by atoms with E-state index in [9.17, 15) is 9.59 Å². The zero-order valence-corrected chi connectivity index (χ0v) is 14.3. The lowest BCUT2D eigenvalue weighted by molar-refractivity contribution is -0.132. The largest absolute Gasteiger partial charge is 0.399 e. The minimum Gasteiger partial charge on any atom is -0.399 e. The van der Waals surface area contributed by atoms with Crippen LogP contribution in [0.5, 0.6) is 0 Å². The summed E-state index contributed by atoms with van der Waals surface area (Å²) in [4.78, 5) is 28.3. The third-order valence-electron chi connectivity index (χ3n) is 4.35. The quantitative estimate of drug-likeness (QED) is 0.866. The molecule has 1 aliphatic rings. The Hall–Kier alpha value is -2.34. The Morgan fingerprint density at radius 1 is 1.04 bits per heavy atom. The lowest BCUT2D eigenvalue weighted by Gasteiger charge is -2.34. The smallest absolute Gasteiger partial charge is 0.254 e. The number of carbonyl (C=O) groups is 2. The van der Waals surface area contributed by atoms with Crippen molar-refractivity contribution in [1.29, 1.82) is 0 Å². The molecule has 24 heavy (non-hydrogen) atoms. The molecule has 1 aliphatic heterocycles. The van der Waals surface area contributed by atoms with Crippen LogP contribution in [0.15, 0.2) is 41.1 Å². The molecule has 1 saturated heterocycles. The van der Waals surface area contributed by atoms with Crippen molar-refractivity contribution in [3.63, 3.8) is 0 Å². The number of carbonyl (C=O) groups excluding carboxylic acids is 2. The first-order valence-electron chi connectivity index (χ1n) is 8.08. The molecule has 2 amide bonds. The highest BCUT2D eigenvalue weighted by Crippen LogP contribution is 2.15. The number of nitrogen functional groups attached to an aromatic ring is 1. The van der Waals surface area contributed by atoms with Gasteiger partial charge in [0.1, 0.15) is 0 Å². The van der Waals surface area contributed by atoms with Gasteiger partial charge in [-0.05, 0) is 29.5 Å². The van der Waals surface area contributed by atoms with Crippen molar-refractivity contribution in [3.05, 3.63) is 52.2 Å². The van der Waals surface area contributed by atoms with Crippen LogP contribution in [0, 0.1) is 0 Å². The van der Waals surface area contributed by atoms with Gasteiger partial charge in [-0.3, -0.25) is 9.59 Å². The molecule has 0 atom stereocenters. The molecule has 0 unspecified atom stereocenters. The van der Waals surface area contributed by atoms with Crippen LogP contribution in [0.4, 0.5) is 5.69 Å². The number of aryl methyl sites for hydroxylation is 1. The average Bonchev–Trinajstić information content (AvgIpc) is 3.15. The van der Waals surface area contributed by atoms with E-state index in [2.05, 4.69) is 0 Å². The molecule has 0 aliphatic carbocycles. The van der Waals surface area contributed by atoms with Crippen molar-refractivity contribution in [2.24, 2.45) is 0 Å². The maximum Gasteiger partial charge on any atom is 0.254 e. The van der Waals surface area contributed by atoms with Crippen LogP contribution in [0.25, 0.3) is 0 Å². The number of anilines is 1. The van der Waals surface area contributed by atoms with Crippen LogP contribution < -0.4 is 5.73 Å². The van der Waals surface area contributed by atoms with E-state index < -0.39 is 0 Å². The van der Waals surface area contributed by atoms with Gasteiger partial charge in [0.05, 0.1) is 5.56 Å². The highest BCUT2D eigenvalue weighted by Gasteiger charge is 2.24. The Bertz CT molecular complexity index is 707. The molecule has 1 fully saturated rings. The van der Waals surface area contributed by atoms with Crippen LogP contribution in [-0.2, 0) is 11.2 Å². The van der Waals surface area contributed by atoms with Crippen molar-refractivity contribution in [2.45, 2.75) is 12.8 Å². The molecule has 2 N–H and O–H groups in total. The molecule has 0 saturated carbocycles. The highest BCUT2D eigenvalue weighted by atomic mass is 32.1. The summed E-state index contributed by atoms with van der Waals surface area (Å²) in [6.45, 7) is 2.37. The van der Waals surface area contributed by atoms with Gasteiger partial charge in [-0.1, -0.05) is 18.2 Å². The monoisotopic (exact) mass is 343 g/mol. The summed E-state index contributed by atoms with van der Waals surface area (Å²) in [6, 6.07) is 9.48. The van der Waals surface area contributed by atoms with Crippen molar-refractivity contribution in [2.75, 3.05) is 31.9 Å². The number of hydrogen-bond donors (Lipinski definition) is 1. The Kier molecular flexibility index (Phi) is 5.15. The molecule has 2 heterocycles. The van der Waals surface area contributed by atoms with Gasteiger partial charge < -0.3 is 15.5 Å². The summed E-state index contributed by atoms with van der Waals surface area (Å²) < 4.78 is 0. The minimum atomic E-state index is 0.0559. The lowest BCUT2D eigenvalue weighted by Crippen LogP contribution is -2.50. The van der Waals surface area contributed by atoms with E-state index in [4.69, 9.17) is 5.73 Å². The normalized spacial score (nSPS) is 14.7. The van der Waals surface area contributed by atoms with Gasteiger partial charge >= 0.3 is 0 Å². The van der Waals surface area contributed by atoms with E-state index in [-0.39, 0.29) is 11.8 Å². The number of thiophene rings is 1. The zero-order valence-electron chi connectivity index (χ0n) is 13.5. The highest BCUT2D eigenvalue weighted by molar-refractivity contribution is 7.08. The summed E-state index contributed by atoms with van der Waals surface area (Å²) in [7, 11) is 0. The molecule has 0 bridgehead atoms. The van der Waals surface area contributed by atoms with E-state index >= 15 is 0 Å². The van der Waals surface area contributed by atoms with Gasteiger partial charge in [-0.2, -0.15) is 11.3 Å². The van der Waals surface area contributed by atoms with Gasteiger partial charge in [0, 0.05) is 43.7 Å². The molecule has 1 aromatic heterocycles. The molecule has 2 aromatic rings. The van der Waals surface area contributed by atoms with Gasteiger partial charge in [-0.15, -0.1) is 0 Å².